The van der Waals surface area contributed by atoms with Gasteiger partial charge in [-0.15, -0.1) is 0 Å². The van der Waals surface area contributed by atoms with Crippen molar-refractivity contribution in [1.29, 1.82) is 0 Å². The van der Waals surface area contributed by atoms with Crippen molar-refractivity contribution in [3.63, 3.8) is 0 Å². The van der Waals surface area contributed by atoms with E-state index in [1.807, 2.05) is 5.48 Å². The largest absolute Gasteiger partial charge is 0.416 e. The molecule has 0 saturated heterocycles. The number of fused-ring (bicyclic) bond motifs is 1. The molecule has 2 heterocycles. The van der Waals surface area contributed by atoms with Crippen LogP contribution in [-0.2, 0) is 15.8 Å². The Balaban J connectivity index is 1.64. The van der Waals surface area contributed by atoms with E-state index in [2.05, 4.69) is 20.2 Å². The van der Waals surface area contributed by atoms with Crippen molar-refractivity contribution in [2.45, 2.75) is 24.7 Å². The standard InChI is InChI=1S/C25H22F3N5O4/c1-37-32-24(36)21(34)13-19(15-6-3-2-4-7-15)30-23(35)18-8-5-11-29-22(18)33-14-16-9-10-17(25(26,27)28)12-20(16)31-33/h2-12,14,19,21,34H,13H2,1H3,(H,30,35)(H,32,36). The zero-order valence-electron chi connectivity index (χ0n) is 19.4. The molecule has 0 aliphatic carbocycles. The van der Waals surface area contributed by atoms with Gasteiger partial charge < -0.3 is 10.4 Å². The molecule has 2 atom stereocenters. The minimum atomic E-state index is -4.52. The Morgan fingerprint density at radius 3 is 2.57 bits per heavy atom. The monoisotopic (exact) mass is 513 g/mol. The van der Waals surface area contributed by atoms with Crippen molar-refractivity contribution >= 4 is 22.7 Å². The molecule has 192 valence electrons. The number of rotatable bonds is 8. The summed E-state index contributed by atoms with van der Waals surface area (Å²) in [6.07, 6.45) is -3.27. The minimum Gasteiger partial charge on any atom is -0.383 e. The molecule has 2 amide bonds. The van der Waals surface area contributed by atoms with Crippen molar-refractivity contribution in [2.24, 2.45) is 0 Å². The Hall–Kier alpha value is -4.29. The normalized spacial score (nSPS) is 13.2. The molecule has 12 heteroatoms. The highest BCUT2D eigenvalue weighted by molar-refractivity contribution is 5.97. The first kappa shape index (κ1) is 25.8. The fourth-order valence-corrected chi connectivity index (χ4v) is 3.76. The lowest BCUT2D eigenvalue weighted by Gasteiger charge is -2.22. The molecule has 2 aromatic heterocycles. The lowest BCUT2D eigenvalue weighted by molar-refractivity contribution is -0.140. The number of nitrogens with zero attached hydrogens (tertiary/aromatic N) is 3. The van der Waals surface area contributed by atoms with Crippen molar-refractivity contribution in [1.82, 2.24) is 25.6 Å². The molecule has 3 N–H and O–H groups in total. The number of nitrogens with one attached hydrogen (secondary N) is 2. The molecule has 0 aliphatic rings. The van der Waals surface area contributed by atoms with E-state index in [9.17, 15) is 27.9 Å². The fourth-order valence-electron chi connectivity index (χ4n) is 3.76. The van der Waals surface area contributed by atoms with E-state index in [4.69, 9.17) is 0 Å². The fraction of sp³-hybridized carbons (Fsp3) is 0.200. The SMILES string of the molecule is CONC(=O)C(O)CC(NC(=O)c1cccnc1-n1cc2ccc(C(F)(F)F)cc2n1)c1ccccc1. The van der Waals surface area contributed by atoms with Gasteiger partial charge in [0.2, 0.25) is 0 Å². The van der Waals surface area contributed by atoms with E-state index in [0.29, 0.717) is 10.9 Å². The molecule has 2 aromatic carbocycles. The number of carbonyl (C=O) groups is 2. The van der Waals surface area contributed by atoms with Gasteiger partial charge in [-0.05, 0) is 29.8 Å². The predicted molar refractivity (Wildman–Crippen MR) is 126 cm³/mol. The summed E-state index contributed by atoms with van der Waals surface area (Å²) in [4.78, 5) is 34.1. The van der Waals surface area contributed by atoms with Gasteiger partial charge in [0, 0.05) is 24.2 Å². The zero-order chi connectivity index (χ0) is 26.6. The summed E-state index contributed by atoms with van der Waals surface area (Å²) >= 11 is 0. The first-order valence-electron chi connectivity index (χ1n) is 11.1. The number of pyridine rings is 1. The van der Waals surface area contributed by atoms with Crippen LogP contribution in [0.3, 0.4) is 0 Å². The maximum absolute atomic E-state index is 13.4. The number of hydrogen-bond acceptors (Lipinski definition) is 6. The summed E-state index contributed by atoms with van der Waals surface area (Å²) in [5.74, 6) is -1.28. The summed E-state index contributed by atoms with van der Waals surface area (Å²) in [6, 6.07) is 14.1. The zero-order valence-corrected chi connectivity index (χ0v) is 19.4. The molecule has 0 bridgehead atoms. The van der Waals surface area contributed by atoms with Crippen molar-refractivity contribution < 1.29 is 32.7 Å². The summed E-state index contributed by atoms with van der Waals surface area (Å²) in [7, 11) is 1.23. The molecule has 0 saturated carbocycles. The number of aliphatic hydroxyl groups excluding tert-OH is 1. The van der Waals surface area contributed by atoms with Crippen LogP contribution in [0.2, 0.25) is 0 Å². The Labute approximate surface area is 208 Å². The maximum Gasteiger partial charge on any atom is 0.416 e. The Morgan fingerprint density at radius 1 is 1.11 bits per heavy atom. The second-order valence-corrected chi connectivity index (χ2v) is 8.08. The molecule has 0 aliphatic heterocycles. The number of halogens is 3. The number of benzene rings is 2. The Morgan fingerprint density at radius 2 is 1.86 bits per heavy atom. The molecular formula is C25H22F3N5O4. The van der Waals surface area contributed by atoms with Crippen LogP contribution < -0.4 is 10.8 Å². The molecule has 0 radical (unpaired) electrons. The highest BCUT2D eigenvalue weighted by atomic mass is 19.4. The van der Waals surface area contributed by atoms with E-state index >= 15 is 0 Å². The van der Waals surface area contributed by atoms with Crippen LogP contribution in [0.4, 0.5) is 13.2 Å². The van der Waals surface area contributed by atoms with Crippen LogP contribution in [0.15, 0.2) is 73.1 Å². The van der Waals surface area contributed by atoms with Gasteiger partial charge in [-0.1, -0.05) is 36.4 Å². The number of aliphatic hydroxyl groups is 1. The highest BCUT2D eigenvalue weighted by Crippen LogP contribution is 2.31. The van der Waals surface area contributed by atoms with Crippen LogP contribution in [0.25, 0.3) is 16.7 Å². The van der Waals surface area contributed by atoms with Gasteiger partial charge in [-0.25, -0.2) is 15.1 Å². The quantitative estimate of drug-likeness (QED) is 0.311. The predicted octanol–water partition coefficient (Wildman–Crippen LogP) is 3.34. The maximum atomic E-state index is 13.4. The van der Waals surface area contributed by atoms with Crippen molar-refractivity contribution in [3.05, 3.63) is 89.7 Å². The number of alkyl halides is 3. The third-order valence-corrected chi connectivity index (χ3v) is 5.55. The Bertz CT molecular complexity index is 1410. The van der Waals surface area contributed by atoms with Gasteiger partial charge in [0.05, 0.1) is 29.8 Å². The number of amides is 2. The number of hydrogen-bond donors (Lipinski definition) is 3. The summed E-state index contributed by atoms with van der Waals surface area (Å²) in [5, 5.41) is 17.7. The van der Waals surface area contributed by atoms with E-state index < -0.39 is 35.7 Å². The van der Waals surface area contributed by atoms with Gasteiger partial charge in [0.1, 0.15) is 6.10 Å². The second kappa shape index (κ2) is 10.8. The highest BCUT2D eigenvalue weighted by Gasteiger charge is 2.31. The number of aromatic nitrogens is 3. The van der Waals surface area contributed by atoms with Crippen molar-refractivity contribution in [2.75, 3.05) is 7.11 Å². The third-order valence-electron chi connectivity index (χ3n) is 5.55. The van der Waals surface area contributed by atoms with Gasteiger partial charge in [0.25, 0.3) is 11.8 Å². The molecule has 37 heavy (non-hydrogen) atoms. The second-order valence-electron chi connectivity index (χ2n) is 8.08. The van der Waals surface area contributed by atoms with Gasteiger partial charge in [-0.2, -0.15) is 18.3 Å². The first-order chi connectivity index (χ1) is 17.7. The number of hydroxylamine groups is 1. The third kappa shape index (κ3) is 5.93. The molecule has 2 unspecified atom stereocenters. The lowest BCUT2D eigenvalue weighted by atomic mass is 9.99. The van der Waals surface area contributed by atoms with E-state index in [1.165, 1.54) is 42.4 Å². The van der Waals surface area contributed by atoms with Gasteiger partial charge in [-0.3, -0.25) is 14.4 Å². The van der Waals surface area contributed by atoms with Crippen LogP contribution in [0, 0.1) is 0 Å². The molecular weight excluding hydrogens is 491 g/mol. The van der Waals surface area contributed by atoms with E-state index in [1.54, 1.807) is 30.3 Å². The smallest absolute Gasteiger partial charge is 0.383 e. The van der Waals surface area contributed by atoms with E-state index in [0.717, 1.165) is 12.1 Å². The number of carbonyl (C=O) groups excluding carboxylic acids is 2. The summed E-state index contributed by atoms with van der Waals surface area (Å²) in [5.41, 5.74) is 2.01. The molecule has 9 nitrogen and oxygen atoms in total. The van der Waals surface area contributed by atoms with Crippen molar-refractivity contribution in [3.8, 4) is 5.82 Å². The van der Waals surface area contributed by atoms with Crippen LogP contribution in [0.1, 0.15) is 33.9 Å². The lowest BCUT2D eigenvalue weighted by Crippen LogP contribution is -2.38. The van der Waals surface area contributed by atoms with Crippen LogP contribution >= 0.6 is 0 Å². The van der Waals surface area contributed by atoms with Gasteiger partial charge >= 0.3 is 6.18 Å². The minimum absolute atomic E-state index is 0.0845. The first-order valence-corrected chi connectivity index (χ1v) is 11.1. The topological polar surface area (TPSA) is 118 Å². The van der Waals surface area contributed by atoms with E-state index in [-0.39, 0.29) is 23.3 Å². The summed E-state index contributed by atoms with van der Waals surface area (Å²) in [6.45, 7) is 0. The molecule has 4 rings (SSSR count). The van der Waals surface area contributed by atoms with Gasteiger partial charge in [0.15, 0.2) is 5.82 Å². The average molecular weight is 513 g/mol. The van der Waals surface area contributed by atoms with Crippen LogP contribution in [-0.4, -0.2) is 44.9 Å². The molecule has 4 aromatic rings. The summed E-state index contributed by atoms with van der Waals surface area (Å²) < 4.78 is 40.6. The molecule has 0 fully saturated rings. The Kier molecular flexibility index (Phi) is 7.50. The molecule has 0 spiro atoms. The average Bonchev–Trinajstić information content (AvgIpc) is 3.32. The van der Waals surface area contributed by atoms with Crippen LogP contribution in [0.5, 0.6) is 0 Å².